The van der Waals surface area contributed by atoms with E-state index in [9.17, 15) is 14.3 Å². The highest BCUT2D eigenvalue weighted by Crippen LogP contribution is 2.31. The van der Waals surface area contributed by atoms with Gasteiger partial charge in [-0.15, -0.1) is 0 Å². The first-order chi connectivity index (χ1) is 9.16. The van der Waals surface area contributed by atoms with Gasteiger partial charge in [0.1, 0.15) is 11.6 Å². The number of aromatic amines is 1. The van der Waals surface area contributed by atoms with Gasteiger partial charge in [-0.3, -0.25) is 4.79 Å². The van der Waals surface area contributed by atoms with E-state index in [1.54, 1.807) is 24.3 Å². The smallest absolute Gasteiger partial charge is 0.260 e. The van der Waals surface area contributed by atoms with Gasteiger partial charge in [-0.25, -0.2) is 4.39 Å². The average Bonchev–Trinajstić information content (AvgIpc) is 2.41. The van der Waals surface area contributed by atoms with E-state index in [2.05, 4.69) is 4.98 Å². The third-order valence-electron chi connectivity index (χ3n) is 3.03. The molecule has 94 valence electrons. The summed E-state index contributed by atoms with van der Waals surface area (Å²) in [6.07, 6.45) is 0. The Bertz CT molecular complexity index is 806. The Morgan fingerprint density at radius 3 is 2.42 bits per heavy atom. The molecule has 0 saturated heterocycles. The molecule has 1 heterocycles. The highest BCUT2D eigenvalue weighted by Gasteiger charge is 2.13. The molecule has 1 aromatic heterocycles. The summed E-state index contributed by atoms with van der Waals surface area (Å²) in [4.78, 5) is 14.7. The van der Waals surface area contributed by atoms with Gasteiger partial charge in [0, 0.05) is 5.39 Å². The van der Waals surface area contributed by atoms with E-state index in [0.717, 1.165) is 0 Å². The largest absolute Gasteiger partial charge is 0.506 e. The summed E-state index contributed by atoms with van der Waals surface area (Å²) in [5.41, 5.74) is 0.795. The zero-order chi connectivity index (χ0) is 13.4. The summed E-state index contributed by atoms with van der Waals surface area (Å²) < 4.78 is 12.9. The lowest BCUT2D eigenvalue weighted by atomic mass is 10.0. The molecule has 3 aromatic rings. The van der Waals surface area contributed by atoms with Gasteiger partial charge in [0.2, 0.25) is 0 Å². The summed E-state index contributed by atoms with van der Waals surface area (Å²) >= 11 is 0. The lowest BCUT2D eigenvalue weighted by Gasteiger charge is -2.07. The number of nitrogens with one attached hydrogen (secondary N) is 1. The molecule has 0 fully saturated rings. The Kier molecular flexibility index (Phi) is 2.56. The zero-order valence-electron chi connectivity index (χ0n) is 9.85. The van der Waals surface area contributed by atoms with Gasteiger partial charge in [-0.05, 0) is 29.8 Å². The molecule has 0 spiro atoms. The number of H-pyrrole nitrogens is 1. The number of fused-ring (bicyclic) bond motifs is 1. The van der Waals surface area contributed by atoms with Crippen LogP contribution in [0.1, 0.15) is 0 Å². The molecule has 0 aliphatic rings. The predicted octanol–water partition coefficient (Wildman–Crippen LogP) is 3.04. The summed E-state index contributed by atoms with van der Waals surface area (Å²) in [5.74, 6) is -0.480. The fourth-order valence-electron chi connectivity index (χ4n) is 2.11. The molecule has 4 heteroatoms. The van der Waals surface area contributed by atoms with Crippen molar-refractivity contribution in [1.82, 2.24) is 4.98 Å². The fraction of sp³-hybridized carbons (Fsp3) is 0. The van der Waals surface area contributed by atoms with Crippen LogP contribution in [-0.4, -0.2) is 10.1 Å². The highest BCUT2D eigenvalue weighted by molar-refractivity contribution is 5.91. The van der Waals surface area contributed by atoms with Crippen LogP contribution in [-0.2, 0) is 0 Å². The van der Waals surface area contributed by atoms with Crippen LogP contribution in [0.5, 0.6) is 5.75 Å². The van der Waals surface area contributed by atoms with E-state index < -0.39 is 5.56 Å². The molecule has 0 aliphatic carbocycles. The molecular weight excluding hydrogens is 245 g/mol. The Morgan fingerprint density at radius 2 is 1.68 bits per heavy atom. The second kappa shape index (κ2) is 4.24. The first-order valence-corrected chi connectivity index (χ1v) is 5.77. The number of hydrogen-bond acceptors (Lipinski definition) is 2. The molecule has 0 bridgehead atoms. The molecule has 0 aliphatic heterocycles. The van der Waals surface area contributed by atoms with E-state index in [-0.39, 0.29) is 17.1 Å². The predicted molar refractivity (Wildman–Crippen MR) is 71.6 cm³/mol. The van der Waals surface area contributed by atoms with Crippen LogP contribution in [0.25, 0.3) is 22.0 Å². The van der Waals surface area contributed by atoms with Gasteiger partial charge in [-0.2, -0.15) is 0 Å². The van der Waals surface area contributed by atoms with Crippen LogP contribution in [0.15, 0.2) is 53.3 Å². The Morgan fingerprint density at radius 1 is 1.00 bits per heavy atom. The first kappa shape index (κ1) is 11.5. The molecule has 2 N–H and O–H groups in total. The Balaban J connectivity index is 2.35. The van der Waals surface area contributed by atoms with Crippen molar-refractivity contribution in [2.75, 3.05) is 0 Å². The Labute approximate surface area is 108 Å². The number of benzene rings is 2. The number of aromatic nitrogens is 1. The minimum Gasteiger partial charge on any atom is -0.506 e. The minimum atomic E-state index is -0.400. The van der Waals surface area contributed by atoms with Crippen LogP contribution in [0.4, 0.5) is 4.39 Å². The molecule has 2 aromatic carbocycles. The van der Waals surface area contributed by atoms with E-state index in [1.165, 1.54) is 24.3 Å². The summed E-state index contributed by atoms with van der Waals surface area (Å²) in [6.45, 7) is 0. The average molecular weight is 255 g/mol. The number of aromatic hydroxyl groups is 1. The lowest BCUT2D eigenvalue weighted by Crippen LogP contribution is -2.09. The summed E-state index contributed by atoms with van der Waals surface area (Å²) in [7, 11) is 0. The van der Waals surface area contributed by atoms with E-state index in [4.69, 9.17) is 0 Å². The molecule has 0 radical (unpaired) electrons. The van der Waals surface area contributed by atoms with Gasteiger partial charge >= 0.3 is 0 Å². The van der Waals surface area contributed by atoms with Gasteiger partial charge in [0.25, 0.3) is 5.56 Å². The third kappa shape index (κ3) is 1.87. The van der Waals surface area contributed by atoms with E-state index in [0.29, 0.717) is 16.5 Å². The highest BCUT2D eigenvalue weighted by atomic mass is 19.1. The van der Waals surface area contributed by atoms with E-state index >= 15 is 0 Å². The van der Waals surface area contributed by atoms with Crippen molar-refractivity contribution in [3.05, 3.63) is 64.7 Å². The normalized spacial score (nSPS) is 10.8. The van der Waals surface area contributed by atoms with Crippen LogP contribution in [0.2, 0.25) is 0 Å². The lowest BCUT2D eigenvalue weighted by molar-refractivity contribution is 0.482. The maximum absolute atomic E-state index is 12.9. The molecule has 0 amide bonds. The van der Waals surface area contributed by atoms with Crippen molar-refractivity contribution in [1.29, 1.82) is 0 Å². The second-order valence-corrected chi connectivity index (χ2v) is 4.23. The SMILES string of the molecule is O=c1[nH]c2ccccc2c(O)c1-c1ccc(F)cc1. The molecule has 19 heavy (non-hydrogen) atoms. The van der Waals surface area contributed by atoms with Gasteiger partial charge in [0.15, 0.2) is 0 Å². The Hall–Kier alpha value is -2.62. The summed E-state index contributed by atoms with van der Waals surface area (Å²) in [6, 6.07) is 12.4. The topological polar surface area (TPSA) is 53.1 Å². The van der Waals surface area contributed by atoms with Crippen LogP contribution in [0.3, 0.4) is 0 Å². The van der Waals surface area contributed by atoms with Crippen LogP contribution in [0, 0.1) is 5.82 Å². The van der Waals surface area contributed by atoms with Crippen molar-refractivity contribution < 1.29 is 9.50 Å². The molecular formula is C15H10FNO2. The number of hydrogen-bond donors (Lipinski definition) is 2. The number of para-hydroxylation sites is 1. The monoisotopic (exact) mass is 255 g/mol. The van der Waals surface area contributed by atoms with Crippen molar-refractivity contribution in [2.45, 2.75) is 0 Å². The standard InChI is InChI=1S/C15H10FNO2/c16-10-7-5-9(6-8-10)13-14(18)11-3-1-2-4-12(11)17-15(13)19/h1-8H,(H2,17,18,19). The number of pyridine rings is 1. The molecule has 0 atom stereocenters. The zero-order valence-corrected chi connectivity index (χ0v) is 9.85. The van der Waals surface area contributed by atoms with Gasteiger partial charge in [-0.1, -0.05) is 24.3 Å². The first-order valence-electron chi connectivity index (χ1n) is 5.77. The van der Waals surface area contributed by atoms with Crippen molar-refractivity contribution in [3.8, 4) is 16.9 Å². The molecule has 0 saturated carbocycles. The minimum absolute atomic E-state index is 0.0917. The van der Waals surface area contributed by atoms with Crippen molar-refractivity contribution >= 4 is 10.9 Å². The van der Waals surface area contributed by atoms with Crippen molar-refractivity contribution in [3.63, 3.8) is 0 Å². The molecule has 3 nitrogen and oxygen atoms in total. The maximum atomic E-state index is 12.9. The van der Waals surface area contributed by atoms with Gasteiger partial charge < -0.3 is 10.1 Å². The molecule has 3 rings (SSSR count). The number of halogens is 1. The van der Waals surface area contributed by atoms with E-state index in [1.807, 2.05) is 0 Å². The fourth-order valence-corrected chi connectivity index (χ4v) is 2.11. The second-order valence-electron chi connectivity index (χ2n) is 4.23. The third-order valence-corrected chi connectivity index (χ3v) is 3.03. The van der Waals surface area contributed by atoms with Crippen LogP contribution >= 0.6 is 0 Å². The maximum Gasteiger partial charge on any atom is 0.260 e. The quantitative estimate of drug-likeness (QED) is 0.702. The van der Waals surface area contributed by atoms with Crippen LogP contribution < -0.4 is 5.56 Å². The molecule has 0 unspecified atom stereocenters. The van der Waals surface area contributed by atoms with Gasteiger partial charge in [0.05, 0.1) is 11.1 Å². The summed E-state index contributed by atoms with van der Waals surface area (Å²) in [5, 5.41) is 10.8. The number of rotatable bonds is 1. The van der Waals surface area contributed by atoms with Crippen molar-refractivity contribution in [2.24, 2.45) is 0 Å².